The molecule has 1 aromatic carbocycles. The van der Waals surface area contributed by atoms with E-state index in [9.17, 15) is 29.4 Å². The van der Waals surface area contributed by atoms with Crippen LogP contribution >= 0.6 is 0 Å². The number of Topliss-reactive ketones (excluding diaryl/α,β-unsaturated/α-hetero) is 1. The second-order valence-corrected chi connectivity index (χ2v) is 5.01. The monoisotopic (exact) mass is 326 g/mol. The van der Waals surface area contributed by atoms with Gasteiger partial charge in [0.05, 0.1) is 0 Å². The van der Waals surface area contributed by atoms with Crippen LogP contribution < -0.4 is 11.2 Å². The maximum Gasteiger partial charge on any atom is 0.339 e. The Morgan fingerprint density at radius 2 is 1.79 bits per heavy atom. The zero-order valence-corrected chi connectivity index (χ0v) is 12.0. The molecule has 2 aromatic rings. The molecule has 0 fully saturated rings. The van der Waals surface area contributed by atoms with Gasteiger partial charge in [0.1, 0.15) is 11.1 Å². The van der Waals surface area contributed by atoms with E-state index in [0.29, 0.717) is 11.1 Å². The molecule has 0 spiro atoms. The summed E-state index contributed by atoms with van der Waals surface area (Å²) in [6, 6.07) is 6.53. The van der Waals surface area contributed by atoms with Gasteiger partial charge in [0.25, 0.3) is 5.56 Å². The number of hydrogen-bond acceptors (Lipinski definition) is 5. The number of allylic oxidation sites excluding steroid dienone is 1. The summed E-state index contributed by atoms with van der Waals surface area (Å²) < 4.78 is 0. The number of carboxylic acids is 1. The van der Waals surface area contributed by atoms with Crippen LogP contribution in [0.4, 0.5) is 0 Å². The summed E-state index contributed by atoms with van der Waals surface area (Å²) >= 11 is 0. The Kier molecular flexibility index (Phi) is 3.49. The summed E-state index contributed by atoms with van der Waals surface area (Å²) in [6.45, 7) is 0. The molecule has 1 aromatic heterocycles. The molecule has 120 valence electrons. The van der Waals surface area contributed by atoms with E-state index < -0.39 is 34.5 Å². The number of benzene rings is 1. The Morgan fingerprint density at radius 3 is 2.46 bits per heavy atom. The molecule has 4 N–H and O–H groups in total. The number of hydrogen-bond donors (Lipinski definition) is 4. The molecule has 0 unspecified atom stereocenters. The van der Waals surface area contributed by atoms with Crippen molar-refractivity contribution in [2.24, 2.45) is 0 Å². The number of carboxylic acid groups (broad SMARTS) is 1. The highest BCUT2D eigenvalue weighted by atomic mass is 16.4. The fourth-order valence-corrected chi connectivity index (χ4v) is 2.42. The van der Waals surface area contributed by atoms with Crippen LogP contribution in [0.3, 0.4) is 0 Å². The van der Waals surface area contributed by atoms with Crippen LogP contribution in [0.2, 0.25) is 0 Å². The van der Waals surface area contributed by atoms with Gasteiger partial charge in [0, 0.05) is 5.57 Å². The number of fused-ring (bicyclic) bond motifs is 1. The van der Waals surface area contributed by atoms with Gasteiger partial charge in [0.2, 0.25) is 11.7 Å². The second kappa shape index (κ2) is 5.51. The summed E-state index contributed by atoms with van der Waals surface area (Å²) in [5, 5.41) is 18.9. The molecular formula is C16H10N2O6. The molecule has 0 atom stereocenters. The fourth-order valence-electron chi connectivity index (χ4n) is 2.42. The van der Waals surface area contributed by atoms with Crippen molar-refractivity contribution in [3.8, 4) is 5.88 Å². The lowest BCUT2D eigenvalue weighted by molar-refractivity contribution is -0.133. The highest BCUT2D eigenvalue weighted by Gasteiger charge is 2.28. The summed E-state index contributed by atoms with van der Waals surface area (Å²) in [6.07, 6.45) is 2.30. The summed E-state index contributed by atoms with van der Waals surface area (Å²) in [5.74, 6) is -2.92. The van der Waals surface area contributed by atoms with Gasteiger partial charge in [-0.2, -0.15) is 0 Å². The topological polar surface area (TPSA) is 140 Å². The first-order valence-electron chi connectivity index (χ1n) is 6.75. The quantitative estimate of drug-likeness (QED) is 0.464. The van der Waals surface area contributed by atoms with Crippen molar-refractivity contribution in [2.45, 2.75) is 0 Å². The number of aromatic amines is 2. The first-order chi connectivity index (χ1) is 11.4. The molecule has 0 bridgehead atoms. The average Bonchev–Trinajstić information content (AvgIpc) is 2.51. The standard InChI is InChI=1S/C16H10N2O6/c19-12-9(6-11-13(20)17-16(24)18-14(11)21)8-4-2-1-3-7(8)5-10(12)15(22)23/h1-6H,(H,22,23)(H3,17,18,20,21,24). The van der Waals surface area contributed by atoms with Crippen LogP contribution in [0, 0.1) is 0 Å². The lowest BCUT2D eigenvalue weighted by Gasteiger charge is -2.16. The SMILES string of the molecule is O=C(O)C1=Cc2ccccc2C(=Cc2c(O)[nH]c(=O)[nH]c2=O)C1=O. The number of aromatic nitrogens is 2. The minimum absolute atomic E-state index is 0.0710. The molecule has 0 saturated heterocycles. The van der Waals surface area contributed by atoms with Crippen LogP contribution in [0.5, 0.6) is 5.88 Å². The number of carbonyl (C=O) groups is 2. The van der Waals surface area contributed by atoms with Crippen molar-refractivity contribution in [3.63, 3.8) is 0 Å². The molecular weight excluding hydrogens is 316 g/mol. The zero-order valence-electron chi connectivity index (χ0n) is 12.0. The van der Waals surface area contributed by atoms with Crippen molar-refractivity contribution in [1.82, 2.24) is 9.97 Å². The molecule has 8 heteroatoms. The van der Waals surface area contributed by atoms with Crippen LogP contribution in [0.25, 0.3) is 17.7 Å². The van der Waals surface area contributed by atoms with Gasteiger partial charge in [-0.15, -0.1) is 0 Å². The Hall–Kier alpha value is -3.68. The molecule has 8 nitrogen and oxygen atoms in total. The lowest BCUT2D eigenvalue weighted by atomic mass is 9.86. The normalized spacial score (nSPS) is 15.1. The summed E-state index contributed by atoms with van der Waals surface area (Å²) in [4.78, 5) is 50.6. The van der Waals surface area contributed by atoms with Gasteiger partial charge in [-0.3, -0.25) is 19.6 Å². The van der Waals surface area contributed by atoms with Gasteiger partial charge in [-0.1, -0.05) is 24.3 Å². The van der Waals surface area contributed by atoms with E-state index in [0.717, 1.165) is 6.08 Å². The van der Waals surface area contributed by atoms with E-state index >= 15 is 0 Å². The number of carbonyl (C=O) groups excluding carboxylic acids is 1. The number of aromatic hydroxyl groups is 1. The molecule has 0 aliphatic heterocycles. The smallest absolute Gasteiger partial charge is 0.339 e. The van der Waals surface area contributed by atoms with Crippen LogP contribution in [0.1, 0.15) is 16.7 Å². The molecule has 1 heterocycles. The third-order valence-electron chi connectivity index (χ3n) is 3.52. The third-order valence-corrected chi connectivity index (χ3v) is 3.52. The van der Waals surface area contributed by atoms with Crippen molar-refractivity contribution < 1.29 is 19.8 Å². The molecule has 0 radical (unpaired) electrons. The van der Waals surface area contributed by atoms with Gasteiger partial charge in [-0.05, 0) is 23.3 Å². The first-order valence-corrected chi connectivity index (χ1v) is 6.75. The van der Waals surface area contributed by atoms with Gasteiger partial charge in [-0.25, -0.2) is 9.59 Å². The number of H-pyrrole nitrogens is 2. The van der Waals surface area contributed by atoms with Gasteiger partial charge < -0.3 is 10.2 Å². The maximum atomic E-state index is 12.4. The number of aliphatic carboxylic acids is 1. The van der Waals surface area contributed by atoms with Crippen molar-refractivity contribution in [2.75, 3.05) is 0 Å². The number of ketones is 1. The first kappa shape index (κ1) is 15.2. The molecule has 1 aliphatic carbocycles. The van der Waals surface area contributed by atoms with E-state index in [1.54, 1.807) is 24.3 Å². The summed E-state index contributed by atoms with van der Waals surface area (Å²) in [5.41, 5.74) is -1.78. The van der Waals surface area contributed by atoms with Gasteiger partial charge in [0.15, 0.2) is 0 Å². The largest absolute Gasteiger partial charge is 0.494 e. The van der Waals surface area contributed by atoms with Crippen LogP contribution in [-0.4, -0.2) is 31.9 Å². The molecule has 0 saturated carbocycles. The molecule has 24 heavy (non-hydrogen) atoms. The van der Waals surface area contributed by atoms with Gasteiger partial charge >= 0.3 is 11.7 Å². The predicted octanol–water partition coefficient (Wildman–Crippen LogP) is 0.360. The van der Waals surface area contributed by atoms with Crippen molar-refractivity contribution >= 4 is 29.5 Å². The Labute approximate surface area is 133 Å². The van der Waals surface area contributed by atoms with E-state index in [2.05, 4.69) is 0 Å². The van der Waals surface area contributed by atoms with E-state index in [1.165, 1.54) is 6.08 Å². The number of nitrogens with one attached hydrogen (secondary N) is 2. The lowest BCUT2D eigenvalue weighted by Crippen LogP contribution is -2.24. The molecule has 3 rings (SSSR count). The highest BCUT2D eigenvalue weighted by molar-refractivity contribution is 6.42. The zero-order chi connectivity index (χ0) is 17.4. The molecule has 1 aliphatic rings. The second-order valence-electron chi connectivity index (χ2n) is 5.01. The minimum atomic E-state index is -1.40. The third kappa shape index (κ3) is 2.45. The minimum Gasteiger partial charge on any atom is -0.494 e. The van der Waals surface area contributed by atoms with E-state index in [4.69, 9.17) is 0 Å². The number of rotatable bonds is 2. The van der Waals surface area contributed by atoms with Crippen LogP contribution in [0.15, 0.2) is 39.4 Å². The Bertz CT molecular complexity index is 1050. The van der Waals surface area contributed by atoms with Crippen LogP contribution in [-0.2, 0) is 9.59 Å². The van der Waals surface area contributed by atoms with E-state index in [-0.39, 0.29) is 11.1 Å². The summed E-state index contributed by atoms with van der Waals surface area (Å²) in [7, 11) is 0. The van der Waals surface area contributed by atoms with Crippen molar-refractivity contribution in [1.29, 1.82) is 0 Å². The van der Waals surface area contributed by atoms with E-state index in [1.807, 2.05) is 9.97 Å². The van der Waals surface area contributed by atoms with Crippen molar-refractivity contribution in [3.05, 3.63) is 67.4 Å². The fraction of sp³-hybridized carbons (Fsp3) is 0. The molecule has 0 amide bonds. The predicted molar refractivity (Wildman–Crippen MR) is 84.3 cm³/mol. The Balaban J connectivity index is 2.30. The average molecular weight is 326 g/mol. The maximum absolute atomic E-state index is 12.4. The highest BCUT2D eigenvalue weighted by Crippen LogP contribution is 2.32. The Morgan fingerprint density at radius 1 is 1.08 bits per heavy atom.